The highest BCUT2D eigenvalue weighted by molar-refractivity contribution is 5.90. The molecule has 106 valence electrons. The van der Waals surface area contributed by atoms with Gasteiger partial charge in [-0.3, -0.25) is 0 Å². The van der Waals surface area contributed by atoms with Crippen molar-refractivity contribution in [1.29, 1.82) is 0 Å². The third-order valence-electron chi connectivity index (χ3n) is 4.58. The molecule has 0 saturated carbocycles. The maximum atomic E-state index is 2.31. The van der Waals surface area contributed by atoms with E-state index in [2.05, 4.69) is 91.9 Å². The molecule has 0 fully saturated rings. The highest BCUT2D eigenvalue weighted by Crippen LogP contribution is 2.34. The van der Waals surface area contributed by atoms with Crippen LogP contribution in [0.4, 0.5) is 0 Å². The summed E-state index contributed by atoms with van der Waals surface area (Å²) in [6.07, 6.45) is 0. The van der Waals surface area contributed by atoms with Crippen molar-refractivity contribution in [2.24, 2.45) is 0 Å². The van der Waals surface area contributed by atoms with Gasteiger partial charge in [0, 0.05) is 5.92 Å². The van der Waals surface area contributed by atoms with E-state index >= 15 is 0 Å². The molecule has 0 aromatic heterocycles. The van der Waals surface area contributed by atoms with E-state index < -0.39 is 0 Å². The Balaban J connectivity index is 1.94. The third kappa shape index (κ3) is 2.08. The van der Waals surface area contributed by atoms with Crippen molar-refractivity contribution >= 4 is 21.5 Å². The smallest absolute Gasteiger partial charge is 0.00733 e. The first-order chi connectivity index (χ1) is 10.8. The second kappa shape index (κ2) is 5.31. The fourth-order valence-electron chi connectivity index (χ4n) is 3.42. The predicted molar refractivity (Wildman–Crippen MR) is 95.4 cm³/mol. The van der Waals surface area contributed by atoms with Gasteiger partial charge in [0.25, 0.3) is 0 Å². The molecule has 4 aromatic carbocycles. The Bertz CT molecular complexity index is 860. The first kappa shape index (κ1) is 13.1. The average molecular weight is 282 g/mol. The molecule has 0 amide bonds. The molecule has 0 aliphatic rings. The summed E-state index contributed by atoms with van der Waals surface area (Å²) in [4.78, 5) is 0. The van der Waals surface area contributed by atoms with Gasteiger partial charge in [0.1, 0.15) is 0 Å². The lowest BCUT2D eigenvalue weighted by atomic mass is 9.87. The van der Waals surface area contributed by atoms with Crippen molar-refractivity contribution in [1.82, 2.24) is 0 Å². The van der Waals surface area contributed by atoms with Crippen molar-refractivity contribution in [3.63, 3.8) is 0 Å². The topological polar surface area (TPSA) is 0 Å². The molecule has 0 atom stereocenters. The Hall–Kier alpha value is -2.60. The summed E-state index contributed by atoms with van der Waals surface area (Å²) < 4.78 is 0. The summed E-state index contributed by atoms with van der Waals surface area (Å²) in [6.45, 7) is 2.31. The van der Waals surface area contributed by atoms with Gasteiger partial charge in [0.15, 0.2) is 0 Å². The zero-order valence-corrected chi connectivity index (χ0v) is 12.7. The minimum atomic E-state index is 0.372. The normalized spacial score (nSPS) is 11.4. The fourth-order valence-corrected chi connectivity index (χ4v) is 3.42. The molecule has 0 heterocycles. The largest absolute Gasteiger partial charge is 0.0616 e. The molecule has 0 aliphatic carbocycles. The quantitative estimate of drug-likeness (QED) is 0.414. The lowest BCUT2D eigenvalue weighted by Gasteiger charge is -2.17. The van der Waals surface area contributed by atoms with Crippen LogP contribution in [0, 0.1) is 0 Å². The van der Waals surface area contributed by atoms with Crippen LogP contribution in [0.2, 0.25) is 0 Å². The highest BCUT2D eigenvalue weighted by Gasteiger charge is 2.13. The second-order valence-electron chi connectivity index (χ2n) is 5.86. The van der Waals surface area contributed by atoms with E-state index in [1.54, 1.807) is 0 Å². The van der Waals surface area contributed by atoms with Gasteiger partial charge in [-0.1, -0.05) is 91.9 Å². The van der Waals surface area contributed by atoms with Crippen molar-refractivity contribution in [2.45, 2.75) is 12.8 Å². The zero-order chi connectivity index (χ0) is 14.9. The van der Waals surface area contributed by atoms with Crippen LogP contribution >= 0.6 is 0 Å². The van der Waals surface area contributed by atoms with Crippen molar-refractivity contribution in [3.05, 3.63) is 96.1 Å². The van der Waals surface area contributed by atoms with Crippen molar-refractivity contribution < 1.29 is 0 Å². The molecule has 0 saturated heterocycles. The Morgan fingerprint density at radius 2 is 0.909 bits per heavy atom. The number of hydrogen-bond acceptors (Lipinski definition) is 0. The molecule has 0 N–H and O–H groups in total. The van der Waals surface area contributed by atoms with E-state index in [-0.39, 0.29) is 0 Å². The molecule has 0 spiro atoms. The lowest BCUT2D eigenvalue weighted by molar-refractivity contribution is 0.944. The van der Waals surface area contributed by atoms with Gasteiger partial charge in [0.2, 0.25) is 0 Å². The Morgan fingerprint density at radius 1 is 0.500 bits per heavy atom. The maximum Gasteiger partial charge on any atom is 0.00733 e. The van der Waals surface area contributed by atoms with Gasteiger partial charge in [-0.05, 0) is 32.7 Å². The summed E-state index contributed by atoms with van der Waals surface area (Å²) >= 11 is 0. The van der Waals surface area contributed by atoms with E-state index in [0.29, 0.717) is 5.92 Å². The first-order valence-electron chi connectivity index (χ1n) is 7.80. The fraction of sp³-hybridized carbons (Fsp3) is 0.0909. The average Bonchev–Trinajstić information content (AvgIpc) is 2.60. The summed E-state index contributed by atoms with van der Waals surface area (Å²) in [7, 11) is 0. The van der Waals surface area contributed by atoms with Crippen molar-refractivity contribution in [2.75, 3.05) is 0 Å². The zero-order valence-electron chi connectivity index (χ0n) is 12.7. The lowest BCUT2D eigenvalue weighted by Crippen LogP contribution is -1.98. The molecule has 4 rings (SSSR count). The van der Waals surface area contributed by atoms with Crippen LogP contribution in [0.1, 0.15) is 24.0 Å². The summed E-state index contributed by atoms with van der Waals surface area (Å²) in [5, 5.41) is 5.33. The van der Waals surface area contributed by atoms with Crippen LogP contribution in [0.25, 0.3) is 21.5 Å². The molecule has 4 aromatic rings. The molecule has 0 aliphatic heterocycles. The van der Waals surface area contributed by atoms with E-state index in [9.17, 15) is 0 Å². The van der Waals surface area contributed by atoms with Gasteiger partial charge < -0.3 is 0 Å². The maximum absolute atomic E-state index is 2.31. The Kier molecular flexibility index (Phi) is 3.16. The van der Waals surface area contributed by atoms with Crippen molar-refractivity contribution in [3.8, 4) is 0 Å². The van der Waals surface area contributed by atoms with Gasteiger partial charge in [-0.25, -0.2) is 0 Å². The molecular weight excluding hydrogens is 264 g/mol. The predicted octanol–water partition coefficient (Wildman–Crippen LogP) is 6.14. The van der Waals surface area contributed by atoms with Gasteiger partial charge >= 0.3 is 0 Å². The molecule has 0 radical (unpaired) electrons. The minimum absolute atomic E-state index is 0.372. The molecule has 0 unspecified atom stereocenters. The summed E-state index contributed by atoms with van der Waals surface area (Å²) in [6, 6.07) is 30.5. The highest BCUT2D eigenvalue weighted by atomic mass is 14.2. The number of fused-ring (bicyclic) bond motifs is 2. The van der Waals surface area contributed by atoms with E-state index in [4.69, 9.17) is 0 Å². The monoisotopic (exact) mass is 282 g/mol. The molecule has 0 nitrogen and oxygen atoms in total. The summed E-state index contributed by atoms with van der Waals surface area (Å²) in [5.74, 6) is 0.372. The van der Waals surface area contributed by atoms with Crippen LogP contribution in [0.15, 0.2) is 84.9 Å². The summed E-state index contributed by atoms with van der Waals surface area (Å²) in [5.41, 5.74) is 2.80. The number of benzene rings is 4. The standard InChI is InChI=1S/C22H18/c1-16(19-14-6-10-17-8-2-4-12-21(17)19)20-15-7-11-18-9-3-5-13-22(18)20/h2-16H,1H3. The van der Waals surface area contributed by atoms with Crippen LogP contribution in [-0.4, -0.2) is 0 Å². The molecule has 22 heavy (non-hydrogen) atoms. The Labute approximate surface area is 131 Å². The molecule has 0 bridgehead atoms. The van der Waals surface area contributed by atoms with Gasteiger partial charge in [-0.2, -0.15) is 0 Å². The third-order valence-corrected chi connectivity index (χ3v) is 4.58. The van der Waals surface area contributed by atoms with E-state index in [0.717, 1.165) is 0 Å². The van der Waals surface area contributed by atoms with Crippen LogP contribution < -0.4 is 0 Å². The first-order valence-corrected chi connectivity index (χ1v) is 7.80. The number of hydrogen-bond donors (Lipinski definition) is 0. The van der Waals surface area contributed by atoms with Gasteiger partial charge in [0.05, 0.1) is 0 Å². The molecular formula is C22H18. The van der Waals surface area contributed by atoms with E-state index in [1.165, 1.54) is 32.7 Å². The van der Waals surface area contributed by atoms with Gasteiger partial charge in [-0.15, -0.1) is 0 Å². The number of rotatable bonds is 2. The minimum Gasteiger partial charge on any atom is -0.0616 e. The SMILES string of the molecule is CC(c1cccc2ccccc12)c1cccc2ccccc12. The van der Waals surface area contributed by atoms with Crippen LogP contribution in [0.5, 0.6) is 0 Å². The van der Waals surface area contributed by atoms with Crippen LogP contribution in [0.3, 0.4) is 0 Å². The Morgan fingerprint density at radius 3 is 1.41 bits per heavy atom. The van der Waals surface area contributed by atoms with Crippen LogP contribution in [-0.2, 0) is 0 Å². The molecule has 0 heteroatoms. The second-order valence-corrected chi connectivity index (χ2v) is 5.86. The van der Waals surface area contributed by atoms with E-state index in [1.807, 2.05) is 0 Å².